The zero-order valence-electron chi connectivity index (χ0n) is 24.2. The number of hydrogen-bond donors (Lipinski definition) is 2. The van der Waals surface area contributed by atoms with Crippen molar-refractivity contribution in [3.05, 3.63) is 0 Å². The van der Waals surface area contributed by atoms with E-state index in [4.69, 9.17) is 24.3 Å². The van der Waals surface area contributed by atoms with Gasteiger partial charge in [0.2, 0.25) is 0 Å². The van der Waals surface area contributed by atoms with Crippen molar-refractivity contribution in [2.24, 2.45) is 5.73 Å². The van der Waals surface area contributed by atoms with Crippen molar-refractivity contribution < 1.29 is 37.6 Å². The molecule has 0 aliphatic carbocycles. The molecule has 0 rings (SSSR count). The van der Waals surface area contributed by atoms with Crippen LogP contribution in [0.25, 0.3) is 0 Å². The van der Waals surface area contributed by atoms with Crippen LogP contribution in [0.15, 0.2) is 0 Å². The van der Waals surface area contributed by atoms with Gasteiger partial charge in [-0.25, -0.2) is 4.57 Å². The third-order valence-electron chi connectivity index (χ3n) is 6.24. The maximum atomic E-state index is 12.3. The standard InChI is InChI=1S/C28H56NO8P/c1-3-5-7-9-11-13-15-17-19-21-28(31)37-26(25-36-38(32,33)35-23-22-29)24-34-27(30)20-18-16-14-12-10-8-6-4-2/h26H,3-25,29H2,1-2H3,(H,32,33). The molecule has 2 unspecified atom stereocenters. The Hall–Kier alpha value is -0.990. The van der Waals surface area contributed by atoms with Crippen LogP contribution in [0.3, 0.4) is 0 Å². The SMILES string of the molecule is CCCCCCCCCCCC(=O)OC(COC(=O)CCCCCCCCCC)COP(=O)(O)OCCN. The minimum absolute atomic E-state index is 0.0570. The summed E-state index contributed by atoms with van der Waals surface area (Å²) in [5.41, 5.74) is 5.29. The van der Waals surface area contributed by atoms with E-state index in [0.717, 1.165) is 32.1 Å². The first kappa shape index (κ1) is 37.0. The van der Waals surface area contributed by atoms with Gasteiger partial charge in [-0.2, -0.15) is 0 Å². The van der Waals surface area contributed by atoms with Crippen LogP contribution in [0.5, 0.6) is 0 Å². The number of carbonyl (C=O) groups is 2. The summed E-state index contributed by atoms with van der Waals surface area (Å²) in [4.78, 5) is 34.2. The topological polar surface area (TPSA) is 134 Å². The van der Waals surface area contributed by atoms with Crippen LogP contribution in [0.1, 0.15) is 136 Å². The van der Waals surface area contributed by atoms with E-state index in [1.165, 1.54) is 70.6 Å². The predicted molar refractivity (Wildman–Crippen MR) is 151 cm³/mol. The van der Waals surface area contributed by atoms with Gasteiger partial charge in [-0.1, -0.05) is 110 Å². The first-order chi connectivity index (χ1) is 18.3. The maximum Gasteiger partial charge on any atom is 0.472 e. The van der Waals surface area contributed by atoms with Crippen LogP contribution in [0.2, 0.25) is 0 Å². The number of nitrogens with two attached hydrogens (primary N) is 1. The first-order valence-corrected chi connectivity index (χ1v) is 16.5. The van der Waals surface area contributed by atoms with Gasteiger partial charge >= 0.3 is 19.8 Å². The van der Waals surface area contributed by atoms with E-state index < -0.39 is 26.5 Å². The lowest BCUT2D eigenvalue weighted by molar-refractivity contribution is -0.161. The highest BCUT2D eigenvalue weighted by Crippen LogP contribution is 2.43. The summed E-state index contributed by atoms with van der Waals surface area (Å²) in [5.74, 6) is -0.834. The molecular formula is C28H56NO8P. The third kappa shape index (κ3) is 25.3. The second-order valence-corrected chi connectivity index (χ2v) is 11.4. The summed E-state index contributed by atoms with van der Waals surface area (Å²) in [6, 6.07) is 0. The normalized spacial score (nSPS) is 13.7. The molecule has 0 saturated carbocycles. The van der Waals surface area contributed by atoms with Crippen LogP contribution in [0.4, 0.5) is 0 Å². The van der Waals surface area contributed by atoms with Gasteiger partial charge in [0.25, 0.3) is 0 Å². The second kappa shape index (κ2) is 26.2. The smallest absolute Gasteiger partial charge is 0.462 e. The highest BCUT2D eigenvalue weighted by atomic mass is 31.2. The van der Waals surface area contributed by atoms with Crippen molar-refractivity contribution in [1.82, 2.24) is 0 Å². The maximum absolute atomic E-state index is 12.3. The van der Waals surface area contributed by atoms with Crippen LogP contribution in [0, 0.1) is 0 Å². The van der Waals surface area contributed by atoms with E-state index in [0.29, 0.717) is 6.42 Å². The van der Waals surface area contributed by atoms with Crippen molar-refractivity contribution in [2.75, 3.05) is 26.4 Å². The summed E-state index contributed by atoms with van der Waals surface area (Å²) in [6.45, 7) is 3.64. The van der Waals surface area contributed by atoms with E-state index in [1.54, 1.807) is 0 Å². The number of hydrogen-bond acceptors (Lipinski definition) is 8. The van der Waals surface area contributed by atoms with Gasteiger partial charge in [-0.15, -0.1) is 0 Å². The Bertz CT molecular complexity index is 620. The molecular weight excluding hydrogens is 509 g/mol. The van der Waals surface area contributed by atoms with Crippen LogP contribution in [-0.2, 0) is 32.7 Å². The Labute approximate surface area is 231 Å². The average Bonchev–Trinajstić information content (AvgIpc) is 2.89. The molecule has 0 aromatic carbocycles. The molecule has 226 valence electrons. The summed E-state index contributed by atoms with van der Waals surface area (Å²) in [5, 5.41) is 0. The van der Waals surface area contributed by atoms with Crippen molar-refractivity contribution in [3.63, 3.8) is 0 Å². The fraction of sp³-hybridized carbons (Fsp3) is 0.929. The Morgan fingerprint density at radius 2 is 1.13 bits per heavy atom. The molecule has 38 heavy (non-hydrogen) atoms. The quantitative estimate of drug-likeness (QED) is 0.0585. The van der Waals surface area contributed by atoms with Gasteiger partial charge in [-0.05, 0) is 12.8 Å². The molecule has 0 fully saturated rings. The van der Waals surface area contributed by atoms with Gasteiger partial charge in [0.05, 0.1) is 13.2 Å². The van der Waals surface area contributed by atoms with E-state index in [9.17, 15) is 19.0 Å². The van der Waals surface area contributed by atoms with Crippen LogP contribution < -0.4 is 5.73 Å². The molecule has 0 aliphatic rings. The number of ether oxygens (including phenoxy) is 2. The van der Waals surface area contributed by atoms with Crippen molar-refractivity contribution in [2.45, 2.75) is 142 Å². The molecule has 0 saturated heterocycles. The molecule has 0 radical (unpaired) electrons. The predicted octanol–water partition coefficient (Wildman–Crippen LogP) is 6.99. The number of phosphoric ester groups is 1. The summed E-state index contributed by atoms with van der Waals surface area (Å²) in [7, 11) is -4.35. The number of carbonyl (C=O) groups excluding carboxylic acids is 2. The molecule has 0 aromatic heterocycles. The van der Waals surface area contributed by atoms with E-state index in [2.05, 4.69) is 13.8 Å². The molecule has 2 atom stereocenters. The lowest BCUT2D eigenvalue weighted by Crippen LogP contribution is -2.29. The van der Waals surface area contributed by atoms with Gasteiger partial charge in [0.1, 0.15) is 6.61 Å². The molecule has 0 amide bonds. The second-order valence-electron chi connectivity index (χ2n) is 9.98. The Morgan fingerprint density at radius 3 is 1.61 bits per heavy atom. The van der Waals surface area contributed by atoms with Crippen molar-refractivity contribution in [1.29, 1.82) is 0 Å². The van der Waals surface area contributed by atoms with E-state index in [1.807, 2.05) is 0 Å². The van der Waals surface area contributed by atoms with Gasteiger partial charge < -0.3 is 20.1 Å². The van der Waals surface area contributed by atoms with Gasteiger partial charge in [0.15, 0.2) is 6.10 Å². The Balaban J connectivity index is 4.35. The molecule has 3 N–H and O–H groups in total. The van der Waals surface area contributed by atoms with Crippen LogP contribution in [-0.4, -0.2) is 49.3 Å². The first-order valence-electron chi connectivity index (χ1n) is 15.0. The highest BCUT2D eigenvalue weighted by Gasteiger charge is 2.25. The molecule has 10 heteroatoms. The molecule has 9 nitrogen and oxygen atoms in total. The highest BCUT2D eigenvalue weighted by molar-refractivity contribution is 7.47. The summed E-state index contributed by atoms with van der Waals surface area (Å²) >= 11 is 0. The third-order valence-corrected chi connectivity index (χ3v) is 7.23. The zero-order valence-corrected chi connectivity index (χ0v) is 25.1. The average molecular weight is 566 g/mol. The minimum atomic E-state index is -4.35. The number of esters is 2. The van der Waals surface area contributed by atoms with Gasteiger partial charge in [0, 0.05) is 19.4 Å². The molecule has 0 aliphatic heterocycles. The fourth-order valence-electron chi connectivity index (χ4n) is 3.98. The molecule has 0 heterocycles. The number of unbranched alkanes of at least 4 members (excludes halogenated alkanes) is 15. The Kier molecular flexibility index (Phi) is 25.6. The van der Waals surface area contributed by atoms with Gasteiger partial charge in [-0.3, -0.25) is 18.6 Å². The monoisotopic (exact) mass is 565 g/mol. The van der Waals surface area contributed by atoms with Crippen molar-refractivity contribution >= 4 is 19.8 Å². The lowest BCUT2D eigenvalue weighted by atomic mass is 10.1. The fourth-order valence-corrected chi connectivity index (χ4v) is 4.75. The zero-order chi connectivity index (χ0) is 28.3. The van der Waals surface area contributed by atoms with E-state index >= 15 is 0 Å². The van der Waals surface area contributed by atoms with Crippen molar-refractivity contribution in [3.8, 4) is 0 Å². The minimum Gasteiger partial charge on any atom is -0.462 e. The molecule has 0 aromatic rings. The molecule has 0 bridgehead atoms. The largest absolute Gasteiger partial charge is 0.472 e. The summed E-state index contributed by atoms with van der Waals surface area (Å²) < 4.78 is 32.3. The van der Waals surface area contributed by atoms with E-state index in [-0.39, 0.29) is 38.6 Å². The number of rotatable bonds is 28. The Morgan fingerprint density at radius 1 is 0.684 bits per heavy atom. The molecule has 0 spiro atoms. The summed E-state index contributed by atoms with van der Waals surface area (Å²) in [6.07, 6.45) is 18.7. The van der Waals surface area contributed by atoms with Crippen LogP contribution >= 0.6 is 7.82 Å². The number of phosphoric acid groups is 1. The lowest BCUT2D eigenvalue weighted by Gasteiger charge is -2.19.